The molecule has 3 amide bonds. The number of halogens is 1. The summed E-state index contributed by atoms with van der Waals surface area (Å²) in [5, 5.41) is 3.12. The number of benzene rings is 2. The number of likely N-dealkylation sites (tertiary alicyclic amines) is 1. The van der Waals surface area contributed by atoms with Crippen molar-refractivity contribution in [1.29, 1.82) is 0 Å². The molecule has 0 radical (unpaired) electrons. The molecule has 1 aromatic heterocycles. The first-order valence-corrected chi connectivity index (χ1v) is 16.5. The molecule has 10 nitrogen and oxygen atoms in total. The van der Waals surface area contributed by atoms with Crippen LogP contribution in [0.1, 0.15) is 51.2 Å². The van der Waals surface area contributed by atoms with Gasteiger partial charge in [0.1, 0.15) is 18.1 Å². The second-order valence-electron chi connectivity index (χ2n) is 12.6. The molecule has 1 N–H and O–H groups in total. The van der Waals surface area contributed by atoms with Crippen molar-refractivity contribution in [3.05, 3.63) is 94.9 Å². The number of pyridine rings is 1. The average molecular weight is 644 g/mol. The van der Waals surface area contributed by atoms with Crippen molar-refractivity contribution < 1.29 is 28.2 Å². The minimum atomic E-state index is -0.553. The second-order valence-corrected chi connectivity index (χ2v) is 12.6. The van der Waals surface area contributed by atoms with E-state index in [-0.39, 0.29) is 73.3 Å². The Morgan fingerprint density at radius 3 is 2.53 bits per heavy atom. The van der Waals surface area contributed by atoms with Crippen molar-refractivity contribution in [2.24, 2.45) is 5.92 Å². The van der Waals surface area contributed by atoms with Gasteiger partial charge < -0.3 is 24.6 Å². The summed E-state index contributed by atoms with van der Waals surface area (Å²) in [6, 6.07) is 18.6. The van der Waals surface area contributed by atoms with Crippen LogP contribution < -0.4 is 10.1 Å². The first kappa shape index (κ1) is 32.6. The lowest BCUT2D eigenvalue weighted by molar-refractivity contribution is -0.137. The number of fused-ring (bicyclic) bond motifs is 10. The number of nitrogens with zero attached hydrogens (tertiary/aromatic N) is 4. The molecule has 7 rings (SSSR count). The standard InChI is InChI=1S/C36H42FN5O5/c1-25-7-2-3-8-27(25)23-42-24-28-21-32(42)36(45)40-15-13-26(14-16-40)22-41(35(44)29-9-4-5-10-30(29)37)17-18-46-19-20-47-33-12-6-11-31(39-33)34(43)38-28/h2-12,26,28,32H,13-24H2,1H3,(H,38,43)/t28-,32+/m1/s1. The van der Waals surface area contributed by atoms with Crippen LogP contribution in [0.5, 0.6) is 5.88 Å². The molecule has 3 aromatic rings. The second kappa shape index (κ2) is 15.0. The Labute approximate surface area is 274 Å². The van der Waals surface area contributed by atoms with Gasteiger partial charge >= 0.3 is 0 Å². The fourth-order valence-corrected chi connectivity index (χ4v) is 6.75. The third kappa shape index (κ3) is 7.97. The molecule has 2 saturated heterocycles. The van der Waals surface area contributed by atoms with Crippen LogP contribution in [0.2, 0.25) is 0 Å². The first-order valence-electron chi connectivity index (χ1n) is 16.5. The summed E-state index contributed by atoms with van der Waals surface area (Å²) >= 11 is 0. The van der Waals surface area contributed by atoms with Gasteiger partial charge in [-0.2, -0.15) is 0 Å². The van der Waals surface area contributed by atoms with E-state index in [1.807, 2.05) is 17.0 Å². The van der Waals surface area contributed by atoms with Crippen LogP contribution in [0, 0.1) is 18.7 Å². The number of hydrogen-bond acceptors (Lipinski definition) is 7. The molecular formula is C36H42FN5O5. The number of ether oxygens (including phenoxy) is 2. The van der Waals surface area contributed by atoms with Crippen LogP contribution in [0.15, 0.2) is 66.7 Å². The van der Waals surface area contributed by atoms with Gasteiger partial charge in [-0.05, 0) is 61.4 Å². The van der Waals surface area contributed by atoms with Crippen molar-refractivity contribution in [2.75, 3.05) is 52.5 Å². The maximum Gasteiger partial charge on any atom is 0.270 e. The number of hydrogen-bond donors (Lipinski definition) is 1. The van der Waals surface area contributed by atoms with Gasteiger partial charge in [-0.15, -0.1) is 0 Å². The van der Waals surface area contributed by atoms with E-state index < -0.39 is 5.82 Å². The lowest BCUT2D eigenvalue weighted by Gasteiger charge is -2.37. The van der Waals surface area contributed by atoms with E-state index in [2.05, 4.69) is 34.3 Å². The fourth-order valence-electron chi connectivity index (χ4n) is 6.75. The molecule has 47 heavy (non-hydrogen) atoms. The molecule has 0 unspecified atom stereocenters. The topological polar surface area (TPSA) is 104 Å². The van der Waals surface area contributed by atoms with Gasteiger partial charge in [0.05, 0.1) is 24.8 Å². The molecule has 0 aliphatic carbocycles. The van der Waals surface area contributed by atoms with Gasteiger partial charge in [0, 0.05) is 51.4 Å². The van der Waals surface area contributed by atoms with Crippen molar-refractivity contribution in [1.82, 2.24) is 25.0 Å². The fraction of sp³-hybridized carbons (Fsp3) is 0.444. The third-order valence-electron chi connectivity index (χ3n) is 9.39. The number of rotatable bonds is 3. The molecule has 2 fully saturated rings. The average Bonchev–Trinajstić information content (AvgIpc) is 3.48. The Morgan fingerprint density at radius 1 is 0.936 bits per heavy atom. The van der Waals surface area contributed by atoms with Crippen LogP contribution in [0.25, 0.3) is 0 Å². The van der Waals surface area contributed by atoms with Gasteiger partial charge in [-0.3, -0.25) is 19.3 Å². The monoisotopic (exact) mass is 643 g/mol. The highest BCUT2D eigenvalue weighted by atomic mass is 19.1. The highest BCUT2D eigenvalue weighted by Crippen LogP contribution is 2.27. The molecule has 5 heterocycles. The van der Waals surface area contributed by atoms with Crippen molar-refractivity contribution >= 4 is 17.7 Å². The number of nitrogens with one attached hydrogen (secondary N) is 1. The van der Waals surface area contributed by atoms with Crippen molar-refractivity contribution in [3.63, 3.8) is 0 Å². The predicted molar refractivity (Wildman–Crippen MR) is 173 cm³/mol. The molecule has 2 atom stereocenters. The number of carbonyl (C=O) groups excluding carboxylic acids is 3. The van der Waals surface area contributed by atoms with Gasteiger partial charge in [-0.1, -0.05) is 42.5 Å². The number of carbonyl (C=O) groups is 3. The molecule has 248 valence electrons. The van der Waals surface area contributed by atoms with Crippen LogP contribution in [0.4, 0.5) is 4.39 Å². The summed E-state index contributed by atoms with van der Waals surface area (Å²) in [6.07, 6.45) is 1.95. The van der Waals surface area contributed by atoms with Crippen LogP contribution in [-0.2, 0) is 16.1 Å². The van der Waals surface area contributed by atoms with Crippen molar-refractivity contribution in [2.45, 2.75) is 44.8 Å². The molecule has 6 bridgehead atoms. The van der Waals surface area contributed by atoms with Crippen molar-refractivity contribution in [3.8, 4) is 5.88 Å². The highest BCUT2D eigenvalue weighted by molar-refractivity contribution is 5.94. The zero-order valence-electron chi connectivity index (χ0n) is 26.8. The summed E-state index contributed by atoms with van der Waals surface area (Å²) in [7, 11) is 0. The third-order valence-corrected chi connectivity index (χ3v) is 9.39. The molecule has 2 aromatic carbocycles. The Bertz CT molecular complexity index is 1580. The Balaban J connectivity index is 1.23. The SMILES string of the molecule is Cc1ccccc1CN1C[C@H]2C[C@H]1C(=O)N1CCC(CC1)CN(C(=O)c1ccccc1F)CCOCCOc1cccc(n1)C(=O)N2. The van der Waals surface area contributed by atoms with Crippen LogP contribution in [0.3, 0.4) is 0 Å². The zero-order valence-corrected chi connectivity index (χ0v) is 26.8. The molecular weight excluding hydrogens is 601 g/mol. The van der Waals surface area contributed by atoms with E-state index in [9.17, 15) is 18.8 Å². The molecule has 0 spiro atoms. The summed E-state index contributed by atoms with van der Waals surface area (Å²) in [5.74, 6) is -0.728. The Kier molecular flexibility index (Phi) is 10.4. The van der Waals surface area contributed by atoms with E-state index in [0.717, 1.165) is 24.0 Å². The van der Waals surface area contributed by atoms with E-state index in [1.165, 1.54) is 12.1 Å². The Hall–Kier alpha value is -4.35. The zero-order chi connectivity index (χ0) is 32.8. The lowest BCUT2D eigenvalue weighted by atomic mass is 9.95. The number of piperidine rings is 1. The van der Waals surface area contributed by atoms with Gasteiger partial charge in [0.15, 0.2) is 0 Å². The maximum absolute atomic E-state index is 14.6. The maximum atomic E-state index is 14.6. The molecule has 4 aliphatic rings. The number of amides is 3. The largest absolute Gasteiger partial charge is 0.475 e. The van der Waals surface area contributed by atoms with Gasteiger partial charge in [-0.25, -0.2) is 9.37 Å². The molecule has 4 aliphatic heterocycles. The minimum absolute atomic E-state index is 0.0348. The molecule has 0 saturated carbocycles. The first-order chi connectivity index (χ1) is 22.9. The quantitative estimate of drug-likeness (QED) is 0.435. The van der Waals surface area contributed by atoms with Gasteiger partial charge in [0.2, 0.25) is 11.8 Å². The smallest absolute Gasteiger partial charge is 0.270 e. The summed E-state index contributed by atoms with van der Waals surface area (Å²) in [4.78, 5) is 51.0. The minimum Gasteiger partial charge on any atom is -0.475 e. The number of aryl methyl sites for hydroxylation is 1. The lowest BCUT2D eigenvalue weighted by Crippen LogP contribution is -2.49. The summed E-state index contributed by atoms with van der Waals surface area (Å²) in [5.41, 5.74) is 2.57. The Morgan fingerprint density at radius 2 is 1.72 bits per heavy atom. The van der Waals surface area contributed by atoms with Crippen LogP contribution in [-0.4, -0.2) is 102 Å². The molecule has 11 heteroatoms. The summed E-state index contributed by atoms with van der Waals surface area (Å²) < 4.78 is 26.2. The normalized spacial score (nSPS) is 23.1. The van der Waals surface area contributed by atoms with Gasteiger partial charge in [0.25, 0.3) is 11.8 Å². The van der Waals surface area contributed by atoms with E-state index in [0.29, 0.717) is 45.0 Å². The van der Waals surface area contributed by atoms with Crippen LogP contribution >= 0.6 is 0 Å². The van der Waals surface area contributed by atoms with E-state index >= 15 is 0 Å². The number of aromatic nitrogens is 1. The summed E-state index contributed by atoms with van der Waals surface area (Å²) in [6.45, 7) is 5.78. The van der Waals surface area contributed by atoms with E-state index in [1.54, 1.807) is 35.2 Å². The highest BCUT2D eigenvalue weighted by Gasteiger charge is 2.40. The van der Waals surface area contributed by atoms with E-state index in [4.69, 9.17) is 9.47 Å². The predicted octanol–water partition coefficient (Wildman–Crippen LogP) is 3.69.